The molecular weight excluding hydrogens is 220 g/mol. The van der Waals surface area contributed by atoms with Gasteiger partial charge in [0.25, 0.3) is 5.91 Å². The van der Waals surface area contributed by atoms with Gasteiger partial charge in [0.1, 0.15) is 11.8 Å². The minimum atomic E-state index is -0.552. The summed E-state index contributed by atoms with van der Waals surface area (Å²) in [5.41, 5.74) is 0.458. The summed E-state index contributed by atoms with van der Waals surface area (Å²) in [4.78, 5) is 23.3. The van der Waals surface area contributed by atoms with Crippen molar-refractivity contribution in [3.8, 4) is 0 Å². The van der Waals surface area contributed by atoms with E-state index in [0.29, 0.717) is 17.9 Å². The second-order valence-electron chi connectivity index (χ2n) is 3.88. The first-order chi connectivity index (χ1) is 8.06. The number of furan rings is 1. The van der Waals surface area contributed by atoms with Gasteiger partial charge in [-0.25, -0.2) is 0 Å². The van der Waals surface area contributed by atoms with Gasteiger partial charge in [-0.05, 0) is 26.3 Å². The molecule has 1 heterocycles. The summed E-state index contributed by atoms with van der Waals surface area (Å²) >= 11 is 0. The molecule has 0 aliphatic rings. The van der Waals surface area contributed by atoms with Crippen molar-refractivity contribution in [3.05, 3.63) is 23.7 Å². The van der Waals surface area contributed by atoms with E-state index < -0.39 is 6.04 Å². The van der Waals surface area contributed by atoms with E-state index in [9.17, 15) is 9.59 Å². The highest BCUT2D eigenvalue weighted by Crippen LogP contribution is 2.08. The lowest BCUT2D eigenvalue weighted by atomic mass is 10.2. The van der Waals surface area contributed by atoms with Gasteiger partial charge in [0, 0.05) is 6.54 Å². The van der Waals surface area contributed by atoms with E-state index in [4.69, 9.17) is 4.42 Å². The van der Waals surface area contributed by atoms with Crippen molar-refractivity contribution in [2.24, 2.45) is 0 Å². The van der Waals surface area contributed by atoms with E-state index >= 15 is 0 Å². The van der Waals surface area contributed by atoms with Crippen LogP contribution in [0.3, 0.4) is 0 Å². The summed E-state index contributed by atoms with van der Waals surface area (Å²) in [5, 5.41) is 5.34. The topological polar surface area (TPSA) is 71.3 Å². The summed E-state index contributed by atoms with van der Waals surface area (Å²) in [7, 11) is 0. The maximum atomic E-state index is 11.8. The fraction of sp³-hybridized carbons (Fsp3) is 0.500. The lowest BCUT2D eigenvalue weighted by molar-refractivity contribution is -0.122. The minimum absolute atomic E-state index is 0.179. The molecule has 5 heteroatoms. The van der Waals surface area contributed by atoms with Crippen LogP contribution >= 0.6 is 0 Å². The van der Waals surface area contributed by atoms with Gasteiger partial charge in [0.15, 0.2) is 0 Å². The first kappa shape index (κ1) is 13.3. The Morgan fingerprint density at radius 1 is 1.47 bits per heavy atom. The normalized spacial score (nSPS) is 11.9. The van der Waals surface area contributed by atoms with Crippen LogP contribution in [0.15, 0.2) is 16.7 Å². The van der Waals surface area contributed by atoms with Crippen LogP contribution in [0.1, 0.15) is 36.4 Å². The average molecular weight is 238 g/mol. The molecule has 0 bridgehead atoms. The van der Waals surface area contributed by atoms with Crippen molar-refractivity contribution in [2.45, 2.75) is 33.2 Å². The fourth-order valence-corrected chi connectivity index (χ4v) is 1.36. The molecule has 1 aromatic heterocycles. The van der Waals surface area contributed by atoms with Gasteiger partial charge in [0.05, 0.1) is 11.8 Å². The molecule has 0 saturated carbocycles. The Hall–Kier alpha value is -1.78. The van der Waals surface area contributed by atoms with Crippen molar-refractivity contribution in [2.75, 3.05) is 6.54 Å². The molecule has 2 amide bonds. The van der Waals surface area contributed by atoms with E-state index in [2.05, 4.69) is 10.6 Å². The number of hydrogen-bond acceptors (Lipinski definition) is 3. The maximum absolute atomic E-state index is 11.8. The van der Waals surface area contributed by atoms with Crippen molar-refractivity contribution in [3.63, 3.8) is 0 Å². The molecule has 2 N–H and O–H groups in total. The summed E-state index contributed by atoms with van der Waals surface area (Å²) in [6.45, 7) is 5.94. The highest BCUT2D eigenvalue weighted by Gasteiger charge is 2.18. The second-order valence-corrected chi connectivity index (χ2v) is 3.88. The minimum Gasteiger partial charge on any atom is -0.469 e. The summed E-state index contributed by atoms with van der Waals surface area (Å²) < 4.78 is 5.03. The van der Waals surface area contributed by atoms with E-state index in [-0.39, 0.29) is 11.8 Å². The molecule has 0 aromatic carbocycles. The molecule has 0 aliphatic heterocycles. The van der Waals surface area contributed by atoms with E-state index in [1.54, 1.807) is 19.9 Å². The largest absolute Gasteiger partial charge is 0.469 e. The van der Waals surface area contributed by atoms with Crippen molar-refractivity contribution in [1.29, 1.82) is 0 Å². The third-order valence-electron chi connectivity index (χ3n) is 2.39. The first-order valence-electron chi connectivity index (χ1n) is 5.69. The Bertz CT molecular complexity index is 398. The summed E-state index contributed by atoms with van der Waals surface area (Å²) in [6.07, 6.45) is 2.32. The van der Waals surface area contributed by atoms with Crippen LogP contribution in [0.25, 0.3) is 0 Å². The standard InChI is InChI=1S/C12H18N2O3/c1-4-6-13-11(15)8(2)14-12(16)10-5-7-17-9(10)3/h5,7-8H,4,6H2,1-3H3,(H,13,15)(H,14,16)/t8-/m0/s1. The van der Waals surface area contributed by atoms with Crippen molar-refractivity contribution >= 4 is 11.8 Å². The molecule has 94 valence electrons. The number of rotatable bonds is 5. The molecule has 0 unspecified atom stereocenters. The zero-order valence-corrected chi connectivity index (χ0v) is 10.4. The average Bonchev–Trinajstić information content (AvgIpc) is 2.72. The van der Waals surface area contributed by atoms with Crippen LogP contribution in [0.4, 0.5) is 0 Å². The Balaban J connectivity index is 2.51. The highest BCUT2D eigenvalue weighted by molar-refractivity contribution is 5.98. The van der Waals surface area contributed by atoms with E-state index in [0.717, 1.165) is 6.42 Å². The van der Waals surface area contributed by atoms with Gasteiger partial charge in [-0.3, -0.25) is 9.59 Å². The number of hydrogen-bond donors (Lipinski definition) is 2. The van der Waals surface area contributed by atoms with Gasteiger partial charge >= 0.3 is 0 Å². The van der Waals surface area contributed by atoms with Crippen molar-refractivity contribution < 1.29 is 14.0 Å². The molecule has 0 fully saturated rings. The second kappa shape index (κ2) is 6.08. The van der Waals surface area contributed by atoms with Gasteiger partial charge in [-0.2, -0.15) is 0 Å². The third-order valence-corrected chi connectivity index (χ3v) is 2.39. The Morgan fingerprint density at radius 3 is 2.71 bits per heavy atom. The molecule has 0 radical (unpaired) electrons. The molecule has 0 aliphatic carbocycles. The summed E-state index contributed by atoms with van der Waals surface area (Å²) in [6, 6.07) is 1.03. The van der Waals surface area contributed by atoms with Crippen LogP contribution in [-0.4, -0.2) is 24.4 Å². The summed E-state index contributed by atoms with van der Waals surface area (Å²) in [5.74, 6) is 0.0698. The molecule has 1 rings (SSSR count). The fourth-order valence-electron chi connectivity index (χ4n) is 1.36. The van der Waals surface area contributed by atoms with Crippen LogP contribution < -0.4 is 10.6 Å². The van der Waals surface area contributed by atoms with Crippen LogP contribution in [-0.2, 0) is 4.79 Å². The van der Waals surface area contributed by atoms with Gasteiger partial charge in [-0.1, -0.05) is 6.92 Å². The number of amides is 2. The predicted octanol–water partition coefficient (Wildman–Crippen LogP) is 1.23. The van der Waals surface area contributed by atoms with Crippen LogP contribution in [0.5, 0.6) is 0 Å². The molecular formula is C12H18N2O3. The molecule has 1 atom stereocenters. The number of aryl methyl sites for hydroxylation is 1. The highest BCUT2D eigenvalue weighted by atomic mass is 16.3. The molecule has 1 aromatic rings. The maximum Gasteiger partial charge on any atom is 0.255 e. The predicted molar refractivity (Wildman–Crippen MR) is 63.7 cm³/mol. The SMILES string of the molecule is CCCNC(=O)[C@H](C)NC(=O)c1ccoc1C. The van der Waals surface area contributed by atoms with Gasteiger partial charge in [0.2, 0.25) is 5.91 Å². The lowest BCUT2D eigenvalue weighted by Crippen LogP contribution is -2.45. The first-order valence-corrected chi connectivity index (χ1v) is 5.69. The third kappa shape index (κ3) is 3.62. The molecule has 5 nitrogen and oxygen atoms in total. The Morgan fingerprint density at radius 2 is 2.18 bits per heavy atom. The zero-order valence-electron chi connectivity index (χ0n) is 10.4. The van der Waals surface area contributed by atoms with E-state index in [1.807, 2.05) is 6.92 Å². The van der Waals surface area contributed by atoms with Gasteiger partial charge < -0.3 is 15.1 Å². The number of carbonyl (C=O) groups excluding carboxylic acids is 2. The zero-order chi connectivity index (χ0) is 12.8. The molecule has 0 spiro atoms. The molecule has 17 heavy (non-hydrogen) atoms. The Kier molecular flexibility index (Phi) is 4.75. The quantitative estimate of drug-likeness (QED) is 0.810. The van der Waals surface area contributed by atoms with Crippen LogP contribution in [0, 0.1) is 6.92 Å². The smallest absolute Gasteiger partial charge is 0.255 e. The van der Waals surface area contributed by atoms with E-state index in [1.165, 1.54) is 6.26 Å². The number of carbonyl (C=O) groups is 2. The molecule has 0 saturated heterocycles. The number of nitrogens with one attached hydrogen (secondary N) is 2. The van der Waals surface area contributed by atoms with Gasteiger partial charge in [-0.15, -0.1) is 0 Å². The lowest BCUT2D eigenvalue weighted by Gasteiger charge is -2.13. The Labute approximate surface area is 101 Å². The van der Waals surface area contributed by atoms with Crippen molar-refractivity contribution in [1.82, 2.24) is 10.6 Å². The monoisotopic (exact) mass is 238 g/mol. The van der Waals surface area contributed by atoms with Crippen LogP contribution in [0.2, 0.25) is 0 Å².